The van der Waals surface area contributed by atoms with Gasteiger partial charge in [0, 0.05) is 13.0 Å². The summed E-state index contributed by atoms with van der Waals surface area (Å²) in [4.78, 5) is 12.8. The molecule has 1 rings (SSSR count). The van der Waals surface area contributed by atoms with Crippen molar-refractivity contribution in [2.24, 2.45) is 0 Å². The Hall–Kier alpha value is -1.33. The molecule has 9 nitrogen and oxygen atoms in total. The molecule has 1 aliphatic heterocycles. The number of ether oxygens (including phenoxy) is 4. The molecule has 0 aromatic rings. The van der Waals surface area contributed by atoms with Gasteiger partial charge in [-0.25, -0.2) is 0 Å². The van der Waals surface area contributed by atoms with Crippen LogP contribution >= 0.6 is 0 Å². The van der Waals surface area contributed by atoms with Gasteiger partial charge in [0.1, 0.15) is 30.5 Å². The van der Waals surface area contributed by atoms with Crippen LogP contribution in [0.15, 0.2) is 24.3 Å². The Morgan fingerprint density at radius 3 is 1.63 bits per heavy atom. The second kappa shape index (κ2) is 37.3. The molecule has 0 spiro atoms. The van der Waals surface area contributed by atoms with E-state index in [4.69, 9.17) is 18.9 Å². The predicted octanol–water partition coefficient (Wildman–Crippen LogP) is 9.81. The van der Waals surface area contributed by atoms with Gasteiger partial charge in [0.15, 0.2) is 6.29 Å². The summed E-state index contributed by atoms with van der Waals surface area (Å²) in [5, 5.41) is 40.1. The van der Waals surface area contributed by atoms with Crippen LogP contribution < -0.4 is 0 Å². The quantitative estimate of drug-likeness (QED) is 0.0275. The first kappa shape index (κ1) is 50.7. The Morgan fingerprint density at radius 1 is 0.593 bits per heavy atom. The SMILES string of the molecule is CCCCC/C=C\C/C=C\CCCCCCCCOCC(COC1OC(CO)C(O)C(O)C1O)OC(=O)CCCCCCCCCCCCCCCCC. The Bertz CT molecular complexity index is 879. The van der Waals surface area contributed by atoms with Crippen molar-refractivity contribution in [1.82, 2.24) is 0 Å². The zero-order chi connectivity index (χ0) is 39.3. The Morgan fingerprint density at radius 2 is 1.07 bits per heavy atom. The third-order valence-corrected chi connectivity index (χ3v) is 10.4. The van der Waals surface area contributed by atoms with Gasteiger partial charge in [0.05, 0.1) is 19.8 Å². The van der Waals surface area contributed by atoms with E-state index in [1.807, 2.05) is 0 Å². The van der Waals surface area contributed by atoms with Crippen LogP contribution in [-0.4, -0.2) is 89.6 Å². The molecule has 4 N–H and O–H groups in total. The van der Waals surface area contributed by atoms with Gasteiger partial charge in [-0.05, 0) is 44.9 Å². The average molecular weight is 769 g/mol. The molecule has 0 amide bonds. The first-order chi connectivity index (χ1) is 26.4. The number of carbonyl (C=O) groups excluding carboxylic acids is 1. The molecule has 0 aromatic carbocycles. The molecule has 1 fully saturated rings. The highest BCUT2D eigenvalue weighted by Gasteiger charge is 2.44. The van der Waals surface area contributed by atoms with E-state index in [-0.39, 0.29) is 19.2 Å². The van der Waals surface area contributed by atoms with Crippen LogP contribution in [-0.2, 0) is 23.7 Å². The number of unbranched alkanes of at least 4 members (excludes halogenated alkanes) is 23. The zero-order valence-corrected chi connectivity index (χ0v) is 34.7. The molecule has 1 heterocycles. The van der Waals surface area contributed by atoms with Crippen molar-refractivity contribution in [3.05, 3.63) is 24.3 Å². The van der Waals surface area contributed by atoms with Crippen molar-refractivity contribution in [3.63, 3.8) is 0 Å². The topological polar surface area (TPSA) is 135 Å². The van der Waals surface area contributed by atoms with E-state index in [1.165, 1.54) is 122 Å². The Kier molecular flexibility index (Phi) is 35.0. The Labute approximate surface area is 330 Å². The maximum absolute atomic E-state index is 12.8. The van der Waals surface area contributed by atoms with Gasteiger partial charge in [-0.15, -0.1) is 0 Å². The van der Waals surface area contributed by atoms with Gasteiger partial charge in [-0.1, -0.05) is 167 Å². The lowest BCUT2D eigenvalue weighted by molar-refractivity contribution is -0.305. The van der Waals surface area contributed by atoms with Crippen molar-refractivity contribution in [2.75, 3.05) is 26.4 Å². The first-order valence-electron chi connectivity index (χ1n) is 22.4. The summed E-state index contributed by atoms with van der Waals surface area (Å²) in [6.45, 7) is 4.53. The van der Waals surface area contributed by atoms with E-state index in [0.717, 1.165) is 51.4 Å². The van der Waals surface area contributed by atoms with Crippen LogP contribution in [0.3, 0.4) is 0 Å². The van der Waals surface area contributed by atoms with Crippen molar-refractivity contribution in [3.8, 4) is 0 Å². The largest absolute Gasteiger partial charge is 0.457 e. The number of rotatable bonds is 38. The number of hydrogen-bond acceptors (Lipinski definition) is 9. The van der Waals surface area contributed by atoms with Crippen LogP contribution in [0.1, 0.15) is 194 Å². The number of carbonyl (C=O) groups is 1. The number of aliphatic hydroxyl groups is 4. The van der Waals surface area contributed by atoms with Gasteiger partial charge in [0.25, 0.3) is 0 Å². The average Bonchev–Trinajstić information content (AvgIpc) is 3.17. The van der Waals surface area contributed by atoms with E-state index in [1.54, 1.807) is 0 Å². The molecule has 1 saturated heterocycles. The number of aliphatic hydroxyl groups excluding tert-OH is 4. The predicted molar refractivity (Wildman–Crippen MR) is 219 cm³/mol. The zero-order valence-electron chi connectivity index (χ0n) is 34.7. The van der Waals surface area contributed by atoms with E-state index in [9.17, 15) is 25.2 Å². The molecular formula is C45H84O9. The smallest absolute Gasteiger partial charge is 0.306 e. The highest BCUT2D eigenvalue weighted by atomic mass is 16.7. The van der Waals surface area contributed by atoms with E-state index >= 15 is 0 Å². The summed E-state index contributed by atoms with van der Waals surface area (Å²) in [6.07, 6.45) is 34.8. The van der Waals surface area contributed by atoms with Gasteiger partial charge < -0.3 is 39.4 Å². The molecule has 0 saturated carbocycles. The molecule has 1 aliphatic rings. The minimum atomic E-state index is -1.54. The fourth-order valence-electron chi connectivity index (χ4n) is 6.82. The van der Waals surface area contributed by atoms with Crippen molar-refractivity contribution in [1.29, 1.82) is 0 Å². The summed E-state index contributed by atoms with van der Waals surface area (Å²) in [5.41, 5.74) is 0. The summed E-state index contributed by atoms with van der Waals surface area (Å²) >= 11 is 0. The normalized spacial score (nSPS) is 21.0. The van der Waals surface area contributed by atoms with Crippen molar-refractivity contribution >= 4 is 5.97 Å². The molecule has 0 bridgehead atoms. The van der Waals surface area contributed by atoms with Gasteiger partial charge in [-0.2, -0.15) is 0 Å². The monoisotopic (exact) mass is 769 g/mol. The fraction of sp³-hybridized carbons (Fsp3) is 0.889. The van der Waals surface area contributed by atoms with Crippen LogP contribution in [0.4, 0.5) is 0 Å². The highest BCUT2D eigenvalue weighted by Crippen LogP contribution is 2.22. The lowest BCUT2D eigenvalue weighted by Gasteiger charge is -2.39. The number of esters is 1. The summed E-state index contributed by atoms with van der Waals surface area (Å²) < 4.78 is 22.8. The highest BCUT2D eigenvalue weighted by molar-refractivity contribution is 5.69. The molecule has 6 atom stereocenters. The van der Waals surface area contributed by atoms with Crippen LogP contribution in [0.2, 0.25) is 0 Å². The van der Waals surface area contributed by atoms with Gasteiger partial charge in [-0.3, -0.25) is 4.79 Å². The summed E-state index contributed by atoms with van der Waals surface area (Å²) in [6, 6.07) is 0. The van der Waals surface area contributed by atoms with Crippen LogP contribution in [0, 0.1) is 0 Å². The van der Waals surface area contributed by atoms with Crippen molar-refractivity contribution in [2.45, 2.75) is 230 Å². The second-order valence-electron chi connectivity index (χ2n) is 15.5. The van der Waals surface area contributed by atoms with Crippen LogP contribution in [0.25, 0.3) is 0 Å². The minimum Gasteiger partial charge on any atom is -0.457 e. The number of hydrogen-bond donors (Lipinski definition) is 4. The molecule has 0 aliphatic carbocycles. The standard InChI is InChI=1S/C45H84O9/c1-3-5-7-9-11-13-15-17-19-21-23-25-27-29-31-33-35-51-37-39(38-52-45-44(50)43(49)42(48)40(36-46)54-45)53-41(47)34-32-30-28-26-24-22-20-18-16-14-12-10-8-6-4-2/h11,13,17,19,39-40,42-46,48-50H,3-10,12,14-16,18,20-38H2,1-2H3/b13-11-,19-17-. The second-order valence-corrected chi connectivity index (χ2v) is 15.5. The molecule has 54 heavy (non-hydrogen) atoms. The lowest BCUT2D eigenvalue weighted by atomic mass is 9.99. The summed E-state index contributed by atoms with van der Waals surface area (Å²) in [7, 11) is 0. The van der Waals surface area contributed by atoms with Crippen molar-refractivity contribution < 1.29 is 44.2 Å². The first-order valence-corrected chi connectivity index (χ1v) is 22.4. The fourth-order valence-corrected chi connectivity index (χ4v) is 6.82. The van der Waals surface area contributed by atoms with Crippen LogP contribution in [0.5, 0.6) is 0 Å². The van der Waals surface area contributed by atoms with E-state index in [2.05, 4.69) is 38.2 Å². The molecule has 6 unspecified atom stereocenters. The third kappa shape index (κ3) is 28.1. The Balaban J connectivity index is 2.27. The van der Waals surface area contributed by atoms with E-state index < -0.39 is 43.4 Å². The maximum Gasteiger partial charge on any atom is 0.306 e. The van der Waals surface area contributed by atoms with Gasteiger partial charge in [0.2, 0.25) is 0 Å². The summed E-state index contributed by atoms with van der Waals surface area (Å²) in [5.74, 6) is -0.315. The maximum atomic E-state index is 12.8. The minimum absolute atomic E-state index is 0.114. The van der Waals surface area contributed by atoms with Gasteiger partial charge >= 0.3 is 5.97 Å². The number of allylic oxidation sites excluding steroid dienone is 4. The molecule has 318 valence electrons. The third-order valence-electron chi connectivity index (χ3n) is 10.4. The molecule has 9 heteroatoms. The van der Waals surface area contributed by atoms with E-state index in [0.29, 0.717) is 13.0 Å². The molecule has 0 aromatic heterocycles. The lowest BCUT2D eigenvalue weighted by Crippen LogP contribution is -2.59. The molecular weight excluding hydrogens is 684 g/mol. The molecule has 0 radical (unpaired) electrons.